The van der Waals surface area contributed by atoms with Gasteiger partial charge in [0.05, 0.1) is 11.1 Å². The van der Waals surface area contributed by atoms with Gasteiger partial charge in [-0.15, -0.1) is 0 Å². The fourth-order valence-electron chi connectivity index (χ4n) is 1.81. The van der Waals surface area contributed by atoms with Gasteiger partial charge in [-0.3, -0.25) is 15.2 Å². The Morgan fingerprint density at radius 2 is 2.24 bits per heavy atom. The van der Waals surface area contributed by atoms with Crippen LogP contribution >= 0.6 is 31.9 Å². The summed E-state index contributed by atoms with van der Waals surface area (Å²) in [5.74, 6) is 5.14. The number of nitrogens with one attached hydrogen (secondary N) is 1. The van der Waals surface area contributed by atoms with Gasteiger partial charge in [0, 0.05) is 23.2 Å². The Morgan fingerprint density at radius 1 is 1.48 bits per heavy atom. The van der Waals surface area contributed by atoms with Crippen LogP contribution < -0.4 is 16.0 Å². The zero-order chi connectivity index (χ0) is 15.4. The van der Waals surface area contributed by atoms with Gasteiger partial charge >= 0.3 is 0 Å². The second-order valence-corrected chi connectivity index (χ2v) is 5.85. The summed E-state index contributed by atoms with van der Waals surface area (Å²) in [7, 11) is 1.48. The molecule has 0 bridgehead atoms. The largest absolute Gasteiger partial charge is 0.475 e. The first-order valence-electron chi connectivity index (χ1n) is 5.97. The van der Waals surface area contributed by atoms with Gasteiger partial charge < -0.3 is 9.47 Å². The number of amides is 1. The minimum absolute atomic E-state index is 0.0693. The van der Waals surface area contributed by atoms with E-state index < -0.39 is 12.0 Å². The van der Waals surface area contributed by atoms with Gasteiger partial charge in [0.15, 0.2) is 5.75 Å². The lowest BCUT2D eigenvalue weighted by Crippen LogP contribution is -2.44. The van der Waals surface area contributed by atoms with E-state index in [9.17, 15) is 4.79 Å². The lowest BCUT2D eigenvalue weighted by molar-refractivity contribution is -0.130. The topological polar surface area (TPSA) is 86.5 Å². The van der Waals surface area contributed by atoms with Crippen LogP contribution in [0.15, 0.2) is 33.3 Å². The summed E-state index contributed by atoms with van der Waals surface area (Å²) in [6, 6.07) is 5.56. The summed E-state index contributed by atoms with van der Waals surface area (Å²) in [4.78, 5) is 16.0. The van der Waals surface area contributed by atoms with E-state index in [1.807, 2.05) is 18.2 Å². The number of hydrogen-bond acceptors (Lipinski definition) is 5. The van der Waals surface area contributed by atoms with Crippen molar-refractivity contribution in [3.63, 3.8) is 0 Å². The first kappa shape index (κ1) is 16.2. The van der Waals surface area contributed by atoms with E-state index in [0.29, 0.717) is 15.7 Å². The van der Waals surface area contributed by atoms with Crippen LogP contribution in [-0.2, 0) is 9.53 Å². The Balaban J connectivity index is 2.48. The van der Waals surface area contributed by atoms with Crippen molar-refractivity contribution < 1.29 is 14.3 Å². The van der Waals surface area contributed by atoms with Crippen LogP contribution in [0.2, 0.25) is 0 Å². The Hall–Kier alpha value is -1.22. The van der Waals surface area contributed by atoms with Gasteiger partial charge in [-0.25, -0.2) is 5.84 Å². The van der Waals surface area contributed by atoms with Gasteiger partial charge in [-0.05, 0) is 28.1 Å². The minimum Gasteiger partial charge on any atom is -0.475 e. The highest BCUT2D eigenvalue weighted by Gasteiger charge is 2.23. The predicted octanol–water partition coefficient (Wildman–Crippen LogP) is 2.14. The smallest absolute Gasteiger partial charge is 0.277 e. The molecule has 2 aromatic rings. The number of halogens is 2. The highest BCUT2D eigenvalue weighted by atomic mass is 79.9. The second-order valence-electron chi connectivity index (χ2n) is 4.14. The lowest BCUT2D eigenvalue weighted by atomic mass is 10.2. The molecular formula is C13H13Br2N3O3. The molecule has 1 heterocycles. The standard InChI is InChI=1S/C13H13Br2N3O3/c1-20-6-10(13(19)18-16)21-12-9(15)5-8(14)7-3-2-4-17-11(7)12/h2-5,10H,6,16H2,1H3,(H,18,19). The van der Waals surface area contributed by atoms with Crippen LogP contribution in [0.25, 0.3) is 10.9 Å². The van der Waals surface area contributed by atoms with Crippen LogP contribution in [0.4, 0.5) is 0 Å². The number of benzene rings is 1. The summed E-state index contributed by atoms with van der Waals surface area (Å²) in [6.45, 7) is 0.0693. The van der Waals surface area contributed by atoms with E-state index >= 15 is 0 Å². The normalized spacial score (nSPS) is 12.2. The number of nitrogens with zero attached hydrogens (tertiary/aromatic N) is 1. The molecule has 112 valence electrons. The number of pyridine rings is 1. The Labute approximate surface area is 138 Å². The maximum absolute atomic E-state index is 11.7. The van der Waals surface area contributed by atoms with Crippen LogP contribution in [0.3, 0.4) is 0 Å². The molecule has 21 heavy (non-hydrogen) atoms. The van der Waals surface area contributed by atoms with Gasteiger partial charge in [-0.1, -0.05) is 22.0 Å². The molecule has 0 aliphatic heterocycles. The molecule has 0 aliphatic rings. The van der Waals surface area contributed by atoms with Crippen LogP contribution in [-0.4, -0.2) is 30.7 Å². The predicted molar refractivity (Wildman–Crippen MR) is 85.8 cm³/mol. The number of hydrazine groups is 1. The monoisotopic (exact) mass is 417 g/mol. The van der Waals surface area contributed by atoms with Crippen molar-refractivity contribution in [1.82, 2.24) is 10.4 Å². The molecule has 0 saturated heterocycles. The first-order valence-corrected chi connectivity index (χ1v) is 7.55. The third kappa shape index (κ3) is 3.52. The van der Waals surface area contributed by atoms with Crippen molar-refractivity contribution in [1.29, 1.82) is 0 Å². The number of carbonyl (C=O) groups is 1. The number of hydrogen-bond donors (Lipinski definition) is 2. The Morgan fingerprint density at radius 3 is 2.90 bits per heavy atom. The Bertz CT molecular complexity index is 666. The maximum atomic E-state index is 11.7. The van der Waals surface area contributed by atoms with Gasteiger partial charge in [0.25, 0.3) is 5.91 Å². The summed E-state index contributed by atoms with van der Waals surface area (Å²) < 4.78 is 12.3. The average Bonchev–Trinajstić information content (AvgIpc) is 2.49. The summed E-state index contributed by atoms with van der Waals surface area (Å²) in [5.41, 5.74) is 2.69. The van der Waals surface area contributed by atoms with E-state index in [4.69, 9.17) is 15.3 Å². The molecule has 1 atom stereocenters. The average molecular weight is 419 g/mol. The second kappa shape index (κ2) is 7.17. The quantitative estimate of drug-likeness (QED) is 0.441. The van der Waals surface area contributed by atoms with Crippen LogP contribution in [0.1, 0.15) is 0 Å². The SMILES string of the molecule is COCC(Oc1c(Br)cc(Br)c2cccnc12)C(=O)NN. The van der Waals surface area contributed by atoms with Gasteiger partial charge in [0.2, 0.25) is 6.10 Å². The molecule has 1 aromatic carbocycles. The molecule has 0 spiro atoms. The third-order valence-corrected chi connectivity index (χ3v) is 4.01. The molecule has 0 radical (unpaired) electrons. The fraction of sp³-hybridized carbons (Fsp3) is 0.231. The molecule has 6 nitrogen and oxygen atoms in total. The van der Waals surface area contributed by atoms with Crippen molar-refractivity contribution in [2.24, 2.45) is 5.84 Å². The molecule has 2 rings (SSSR count). The molecule has 1 amide bonds. The van der Waals surface area contributed by atoms with Gasteiger partial charge in [0.1, 0.15) is 5.52 Å². The number of rotatable bonds is 5. The highest BCUT2D eigenvalue weighted by Crippen LogP contribution is 2.37. The summed E-state index contributed by atoms with van der Waals surface area (Å²) in [5, 5.41) is 0.875. The molecule has 0 fully saturated rings. The maximum Gasteiger partial charge on any atom is 0.277 e. The van der Waals surface area contributed by atoms with Crippen molar-refractivity contribution >= 4 is 48.7 Å². The van der Waals surface area contributed by atoms with Crippen LogP contribution in [0, 0.1) is 0 Å². The lowest BCUT2D eigenvalue weighted by Gasteiger charge is -2.19. The zero-order valence-corrected chi connectivity index (χ0v) is 14.3. The molecule has 3 N–H and O–H groups in total. The first-order chi connectivity index (χ1) is 10.1. The summed E-state index contributed by atoms with van der Waals surface area (Å²) in [6.07, 6.45) is 0.783. The molecule has 0 aliphatic carbocycles. The number of nitrogens with two attached hydrogens (primary N) is 1. The number of aromatic nitrogens is 1. The van der Waals surface area contributed by atoms with Gasteiger partial charge in [-0.2, -0.15) is 0 Å². The zero-order valence-electron chi connectivity index (χ0n) is 11.1. The van der Waals surface area contributed by atoms with E-state index in [1.54, 1.807) is 6.20 Å². The molecular weight excluding hydrogens is 406 g/mol. The van der Waals surface area contributed by atoms with E-state index in [1.165, 1.54) is 7.11 Å². The number of fused-ring (bicyclic) bond motifs is 1. The Kier molecular flexibility index (Phi) is 5.51. The summed E-state index contributed by atoms with van der Waals surface area (Å²) >= 11 is 6.89. The number of ether oxygens (including phenoxy) is 2. The molecule has 0 saturated carbocycles. The van der Waals surface area contributed by atoms with Crippen molar-refractivity contribution in [2.45, 2.75) is 6.10 Å². The number of methoxy groups -OCH3 is 1. The van der Waals surface area contributed by atoms with Crippen molar-refractivity contribution in [3.8, 4) is 5.75 Å². The highest BCUT2D eigenvalue weighted by molar-refractivity contribution is 9.11. The molecule has 1 unspecified atom stereocenters. The fourth-order valence-corrected chi connectivity index (χ4v) is 3.17. The molecule has 1 aromatic heterocycles. The third-order valence-electron chi connectivity index (χ3n) is 2.76. The van der Waals surface area contributed by atoms with Crippen molar-refractivity contribution in [3.05, 3.63) is 33.3 Å². The van der Waals surface area contributed by atoms with E-state index in [0.717, 1.165) is 9.86 Å². The van der Waals surface area contributed by atoms with Crippen LogP contribution in [0.5, 0.6) is 5.75 Å². The van der Waals surface area contributed by atoms with E-state index in [2.05, 4.69) is 42.3 Å². The number of carbonyl (C=O) groups excluding carboxylic acids is 1. The van der Waals surface area contributed by atoms with E-state index in [-0.39, 0.29) is 6.61 Å². The minimum atomic E-state index is -0.873. The van der Waals surface area contributed by atoms with Crippen molar-refractivity contribution in [2.75, 3.05) is 13.7 Å². The molecule has 8 heteroatoms.